The molecule has 60 heavy (non-hydrogen) atoms. The van der Waals surface area contributed by atoms with Gasteiger partial charge in [-0.3, -0.25) is 14.9 Å². The molecule has 1 saturated heterocycles. The summed E-state index contributed by atoms with van der Waals surface area (Å²) in [7, 11) is 0. The fraction of sp³-hybridized carbons (Fsp3) is 0.295. The number of carbonyl (C=O) groups is 1. The first kappa shape index (κ1) is 43.1. The number of benzene rings is 2. The van der Waals surface area contributed by atoms with Crippen LogP contribution in [0.2, 0.25) is 0 Å². The standard InChI is InChI=1S/C24H23FN4O4.C20H16FN3O2.ClH/c1-24(2,3)32-23(31)29-14-18(30)12-20(29)22-27-21(28-33-22)19-10-9-16(13-26-19)8-7-15-5-4-6-17(25)11-15;21-16-3-1-2-13(10-16)4-5-14-6-9-18(22-12-14)19-23-20(26-24-19)15-7-8-17(25)11-15;/h4-6,9-11,13,18,20,30H,12,14H2,1-3H3;1-3,6,9-10,12,15,17,25H,7-8,11H2;1H/t18-,20+;15-,17-;/m10./s1. The van der Waals surface area contributed by atoms with Crippen molar-refractivity contribution in [3.05, 3.63) is 131 Å². The molecular weight excluding hydrogens is 796 g/mol. The highest BCUT2D eigenvalue weighted by Gasteiger charge is 2.41. The summed E-state index contributed by atoms with van der Waals surface area (Å²) in [5.74, 6) is 12.5. The van der Waals surface area contributed by atoms with Gasteiger partial charge < -0.3 is 24.0 Å². The normalized spacial score (nSPS) is 18.2. The quantitative estimate of drug-likeness (QED) is 0.168. The van der Waals surface area contributed by atoms with E-state index in [0.717, 1.165) is 12.8 Å². The molecule has 2 aromatic carbocycles. The van der Waals surface area contributed by atoms with Crippen molar-refractivity contribution in [2.75, 3.05) is 6.54 Å². The zero-order valence-electron chi connectivity index (χ0n) is 32.7. The maximum absolute atomic E-state index is 13.3. The van der Waals surface area contributed by atoms with Crippen molar-refractivity contribution in [2.24, 2.45) is 0 Å². The number of aliphatic hydroxyl groups excluding tert-OH is 2. The highest BCUT2D eigenvalue weighted by molar-refractivity contribution is 5.85. The molecule has 0 bridgehead atoms. The second kappa shape index (κ2) is 19.0. The van der Waals surface area contributed by atoms with E-state index in [-0.39, 0.29) is 60.7 Å². The van der Waals surface area contributed by atoms with Crippen LogP contribution in [0.15, 0.2) is 94.2 Å². The molecule has 2 N–H and O–H groups in total. The summed E-state index contributed by atoms with van der Waals surface area (Å²) >= 11 is 0. The highest BCUT2D eigenvalue weighted by Crippen LogP contribution is 2.35. The number of nitrogens with zero attached hydrogens (tertiary/aromatic N) is 7. The average molecular weight is 836 g/mol. The Bertz CT molecular complexity index is 2540. The van der Waals surface area contributed by atoms with E-state index in [9.17, 15) is 23.8 Å². The molecule has 4 aromatic heterocycles. The van der Waals surface area contributed by atoms with Gasteiger partial charge in [0.05, 0.1) is 18.8 Å². The summed E-state index contributed by atoms with van der Waals surface area (Å²) in [6.45, 7) is 5.44. The van der Waals surface area contributed by atoms with Gasteiger partial charge >= 0.3 is 6.09 Å². The monoisotopic (exact) mass is 835 g/mol. The van der Waals surface area contributed by atoms with Gasteiger partial charge in [0, 0.05) is 47.0 Å². The van der Waals surface area contributed by atoms with E-state index in [0.29, 0.717) is 51.8 Å². The summed E-state index contributed by atoms with van der Waals surface area (Å²) in [5, 5.41) is 27.7. The molecule has 8 rings (SSSR count). The summed E-state index contributed by atoms with van der Waals surface area (Å²) < 4.78 is 42.6. The second-order valence-corrected chi connectivity index (χ2v) is 15.0. The maximum Gasteiger partial charge on any atom is 0.411 e. The van der Waals surface area contributed by atoms with Gasteiger partial charge in [-0.15, -0.1) is 12.4 Å². The van der Waals surface area contributed by atoms with Crippen LogP contribution in [0.3, 0.4) is 0 Å². The van der Waals surface area contributed by atoms with Crippen LogP contribution in [0, 0.1) is 35.3 Å². The van der Waals surface area contributed by atoms with Crippen LogP contribution in [0.5, 0.6) is 0 Å². The van der Waals surface area contributed by atoms with Crippen LogP contribution < -0.4 is 0 Å². The second-order valence-electron chi connectivity index (χ2n) is 15.0. The Morgan fingerprint density at radius 1 is 0.733 bits per heavy atom. The third-order valence-electron chi connectivity index (χ3n) is 9.17. The van der Waals surface area contributed by atoms with Gasteiger partial charge in [0.2, 0.25) is 23.4 Å². The molecule has 16 heteroatoms. The topological polar surface area (TPSA) is 174 Å². The van der Waals surface area contributed by atoms with Crippen molar-refractivity contribution < 1.29 is 37.6 Å². The molecule has 5 heterocycles. The lowest BCUT2D eigenvalue weighted by atomic mass is 10.1. The van der Waals surface area contributed by atoms with E-state index in [1.807, 2.05) is 6.07 Å². The molecule has 1 aliphatic heterocycles. The summed E-state index contributed by atoms with van der Waals surface area (Å²) in [5.41, 5.74) is 2.91. The first-order valence-corrected chi connectivity index (χ1v) is 18.9. The predicted octanol–water partition coefficient (Wildman–Crippen LogP) is 7.43. The number of β-amino-alcohol motifs (C(OH)–C–C–N with tert-alkyl or cyclic N) is 1. The summed E-state index contributed by atoms with van der Waals surface area (Å²) in [6.07, 6.45) is 4.16. The van der Waals surface area contributed by atoms with Crippen molar-refractivity contribution in [2.45, 2.75) is 76.2 Å². The number of halogens is 3. The van der Waals surface area contributed by atoms with Crippen LogP contribution in [-0.2, 0) is 4.74 Å². The Morgan fingerprint density at radius 2 is 1.27 bits per heavy atom. The van der Waals surface area contributed by atoms with Crippen LogP contribution in [-0.4, -0.2) is 75.8 Å². The van der Waals surface area contributed by atoms with E-state index >= 15 is 0 Å². The molecule has 1 amide bonds. The molecule has 308 valence electrons. The number of amides is 1. The SMILES string of the molecule is CC(C)(C)OC(=O)N1C[C@H](O)C[C@H]1c1nc(-c2ccc(C#Cc3cccc(F)c3)cn2)no1.Cl.O[C@H]1CC[C@H](c2nc(-c3ccc(C#Cc4cccc(F)c4)cn3)no2)C1. The molecule has 13 nitrogen and oxygen atoms in total. The molecule has 1 aliphatic carbocycles. The zero-order valence-corrected chi connectivity index (χ0v) is 33.6. The van der Waals surface area contributed by atoms with Crippen LogP contribution >= 0.6 is 12.4 Å². The van der Waals surface area contributed by atoms with Crippen molar-refractivity contribution in [1.29, 1.82) is 0 Å². The Balaban J connectivity index is 0.000000203. The van der Waals surface area contributed by atoms with Gasteiger partial charge in [-0.05, 0) is 101 Å². The number of ether oxygens (including phenoxy) is 1. The maximum atomic E-state index is 13.3. The molecule has 0 unspecified atom stereocenters. The third-order valence-corrected chi connectivity index (χ3v) is 9.17. The lowest BCUT2D eigenvalue weighted by molar-refractivity contribution is 0.0184. The Labute approximate surface area is 350 Å². The number of likely N-dealkylation sites (tertiary alicyclic amines) is 1. The Kier molecular flexibility index (Phi) is 13.7. The minimum Gasteiger partial charge on any atom is -0.444 e. The minimum atomic E-state index is -0.716. The van der Waals surface area contributed by atoms with Crippen molar-refractivity contribution >= 4 is 18.5 Å². The number of carbonyl (C=O) groups excluding carboxylic acids is 1. The lowest BCUT2D eigenvalue weighted by Crippen LogP contribution is -2.37. The van der Waals surface area contributed by atoms with Crippen LogP contribution in [0.4, 0.5) is 13.6 Å². The number of aromatic nitrogens is 6. The number of pyridine rings is 2. The molecule has 2 fully saturated rings. The summed E-state index contributed by atoms with van der Waals surface area (Å²) in [6, 6.07) is 18.6. The lowest BCUT2D eigenvalue weighted by Gasteiger charge is -2.26. The number of hydrogen-bond acceptors (Lipinski definition) is 12. The van der Waals surface area contributed by atoms with Gasteiger partial charge in [-0.25, -0.2) is 13.6 Å². The average Bonchev–Trinajstić information content (AvgIpc) is 4.04. The van der Waals surface area contributed by atoms with Crippen molar-refractivity contribution in [1.82, 2.24) is 35.1 Å². The van der Waals surface area contributed by atoms with E-state index in [1.54, 1.807) is 75.6 Å². The first-order chi connectivity index (χ1) is 28.3. The van der Waals surface area contributed by atoms with Crippen LogP contribution in [0.25, 0.3) is 23.0 Å². The number of hydrogen-bond donors (Lipinski definition) is 2. The summed E-state index contributed by atoms with van der Waals surface area (Å²) in [4.78, 5) is 31.4. The number of rotatable bonds is 4. The molecule has 6 aromatic rings. The van der Waals surface area contributed by atoms with Crippen molar-refractivity contribution in [3.8, 4) is 46.7 Å². The molecule has 0 radical (unpaired) electrons. The first-order valence-electron chi connectivity index (χ1n) is 18.9. The fourth-order valence-electron chi connectivity index (χ4n) is 6.35. The van der Waals surface area contributed by atoms with E-state index in [1.165, 1.54) is 29.2 Å². The van der Waals surface area contributed by atoms with Crippen molar-refractivity contribution in [3.63, 3.8) is 0 Å². The van der Waals surface area contributed by atoms with Crippen LogP contribution in [0.1, 0.15) is 92.4 Å². The molecule has 0 spiro atoms. The predicted molar refractivity (Wildman–Crippen MR) is 216 cm³/mol. The minimum absolute atomic E-state index is 0. The molecular formula is C44H40ClF2N7O6. The van der Waals surface area contributed by atoms with Gasteiger partial charge in [0.15, 0.2) is 0 Å². The Hall–Kier alpha value is -6.52. The molecule has 4 atom stereocenters. The van der Waals surface area contributed by atoms with Gasteiger partial charge in [-0.2, -0.15) is 9.97 Å². The largest absolute Gasteiger partial charge is 0.444 e. The molecule has 1 saturated carbocycles. The number of aliphatic hydroxyl groups is 2. The van der Waals surface area contributed by atoms with Gasteiger partial charge in [0.1, 0.15) is 34.7 Å². The fourth-order valence-corrected chi connectivity index (χ4v) is 6.35. The Morgan fingerprint density at radius 3 is 1.75 bits per heavy atom. The smallest absolute Gasteiger partial charge is 0.411 e. The highest BCUT2D eigenvalue weighted by atomic mass is 35.5. The van der Waals surface area contributed by atoms with E-state index in [4.69, 9.17) is 13.8 Å². The van der Waals surface area contributed by atoms with Gasteiger partial charge in [0.25, 0.3) is 0 Å². The van der Waals surface area contributed by atoms with E-state index < -0.39 is 23.8 Å². The molecule has 2 aliphatic rings. The van der Waals surface area contributed by atoms with Gasteiger partial charge in [-0.1, -0.05) is 46.1 Å². The third kappa shape index (κ3) is 11.4. The zero-order chi connectivity index (χ0) is 41.5. The van der Waals surface area contributed by atoms with E-state index in [2.05, 4.69) is 53.9 Å².